The lowest BCUT2D eigenvalue weighted by atomic mass is 9.88. The topological polar surface area (TPSA) is 0 Å². The smallest absolute Gasteiger partial charge is 0.0498 e. The second-order valence-electron chi connectivity index (χ2n) is 6.89. The molecule has 0 unspecified atom stereocenters. The molecule has 0 amide bonds. The van der Waals surface area contributed by atoms with E-state index in [-0.39, 0.29) is 0 Å². The van der Waals surface area contributed by atoms with Crippen molar-refractivity contribution in [3.05, 3.63) is 44.1 Å². The van der Waals surface area contributed by atoms with Gasteiger partial charge in [0.25, 0.3) is 0 Å². The number of rotatable bonds is 0. The van der Waals surface area contributed by atoms with Gasteiger partial charge in [-0.15, -0.1) is 45.3 Å². The molecule has 0 nitrogen and oxygen atoms in total. The fourth-order valence-corrected chi connectivity index (χ4v) is 9.77. The maximum atomic E-state index is 2.41. The Hall–Kier alpha value is -0.940. The largest absolute Gasteiger partial charge is 0.139 e. The summed E-state index contributed by atoms with van der Waals surface area (Å²) in [5.74, 6) is 0. The van der Waals surface area contributed by atoms with Gasteiger partial charge in [-0.1, -0.05) is 0 Å². The van der Waals surface area contributed by atoms with Crippen LogP contribution in [0.15, 0.2) is 12.1 Å². The molecule has 24 heavy (non-hydrogen) atoms. The molecule has 4 heteroatoms. The lowest BCUT2D eigenvalue weighted by Gasteiger charge is -2.16. The molecule has 120 valence electrons. The van der Waals surface area contributed by atoms with Gasteiger partial charge in [0.05, 0.1) is 0 Å². The van der Waals surface area contributed by atoms with Crippen molar-refractivity contribution < 1.29 is 0 Å². The molecule has 4 aromatic rings. The van der Waals surface area contributed by atoms with Crippen molar-refractivity contribution >= 4 is 54.7 Å². The molecule has 0 saturated carbocycles. The number of hydrogen-bond acceptors (Lipinski definition) is 4. The first-order valence-corrected chi connectivity index (χ1v) is 11.7. The monoisotopic (exact) mass is 384 g/mol. The third-order valence-electron chi connectivity index (χ3n) is 5.31. The third kappa shape index (κ3) is 1.78. The van der Waals surface area contributed by atoms with Crippen LogP contribution in [0.3, 0.4) is 0 Å². The average molecular weight is 385 g/mol. The zero-order valence-corrected chi connectivity index (χ0v) is 16.9. The van der Waals surface area contributed by atoms with Crippen molar-refractivity contribution in [1.82, 2.24) is 0 Å². The Bertz CT molecular complexity index is 1130. The van der Waals surface area contributed by atoms with Gasteiger partial charge in [-0.25, -0.2) is 0 Å². The number of fused-ring (bicyclic) bond motifs is 9. The average Bonchev–Trinajstić information content (AvgIpc) is 3.25. The molecule has 6 rings (SSSR count). The van der Waals surface area contributed by atoms with Gasteiger partial charge >= 0.3 is 0 Å². The Labute approximate surface area is 157 Å². The maximum Gasteiger partial charge on any atom is 0.0498 e. The summed E-state index contributed by atoms with van der Waals surface area (Å²) in [4.78, 5) is 9.28. The van der Waals surface area contributed by atoms with Crippen LogP contribution in [0.2, 0.25) is 0 Å². The summed E-state index contributed by atoms with van der Waals surface area (Å²) in [7, 11) is 0. The van der Waals surface area contributed by atoms with Gasteiger partial charge in [0.1, 0.15) is 0 Å². The van der Waals surface area contributed by atoms with E-state index in [4.69, 9.17) is 0 Å². The summed E-state index contributed by atoms with van der Waals surface area (Å²) in [6.07, 6.45) is 4.97. The first-order chi connectivity index (χ1) is 11.7. The molecule has 0 atom stereocenters. The van der Waals surface area contributed by atoms with E-state index in [2.05, 4.69) is 37.3 Å². The normalized spacial score (nSPS) is 15.2. The number of hydrogen-bond donors (Lipinski definition) is 0. The molecular formula is C20H16S4. The van der Waals surface area contributed by atoms with Gasteiger partial charge in [-0.05, 0) is 73.9 Å². The van der Waals surface area contributed by atoms with E-state index in [0.717, 1.165) is 0 Å². The Morgan fingerprint density at radius 2 is 1.29 bits per heavy atom. The van der Waals surface area contributed by atoms with Gasteiger partial charge in [0, 0.05) is 38.7 Å². The first-order valence-electron chi connectivity index (χ1n) is 8.45. The molecule has 2 aliphatic carbocycles. The molecule has 0 aromatic carbocycles. The standard InChI is InChI=1S/C20H16S4/c1-9-7-11-3-4-12-13-5-6-14-17-15(8-10(2)22-17)23-20(14)19(13)24-18(12)16(11)21-9/h7-8H,3-6H2,1-2H3. The Morgan fingerprint density at radius 1 is 0.625 bits per heavy atom. The fourth-order valence-electron chi connectivity index (χ4n) is 4.31. The maximum absolute atomic E-state index is 2.41. The molecule has 0 N–H and O–H groups in total. The molecule has 4 aromatic heterocycles. The minimum absolute atomic E-state index is 1.24. The van der Waals surface area contributed by atoms with Gasteiger partial charge in [-0.2, -0.15) is 0 Å². The van der Waals surface area contributed by atoms with E-state index in [1.165, 1.54) is 40.1 Å². The summed E-state index contributed by atoms with van der Waals surface area (Å²) in [5.41, 5.74) is 6.60. The van der Waals surface area contributed by atoms with Crippen LogP contribution in [0.25, 0.3) is 28.9 Å². The summed E-state index contributed by atoms with van der Waals surface area (Å²) >= 11 is 8.12. The van der Waals surface area contributed by atoms with E-state index in [1.54, 1.807) is 46.5 Å². The molecule has 0 aliphatic heterocycles. The quantitative estimate of drug-likeness (QED) is 0.300. The highest BCUT2D eigenvalue weighted by Gasteiger charge is 2.31. The summed E-state index contributed by atoms with van der Waals surface area (Å²) in [6.45, 7) is 4.49. The van der Waals surface area contributed by atoms with E-state index in [9.17, 15) is 0 Å². The SMILES string of the molecule is Cc1cc2c(s1)-c1sc3c(c1CC2)CCc1c-3sc2cc(C)sc12. The highest BCUT2D eigenvalue weighted by atomic mass is 32.1. The Kier molecular flexibility index (Phi) is 2.86. The molecule has 0 radical (unpaired) electrons. The van der Waals surface area contributed by atoms with E-state index in [0.29, 0.717) is 0 Å². The lowest BCUT2D eigenvalue weighted by molar-refractivity contribution is 0.896. The van der Waals surface area contributed by atoms with Crippen LogP contribution in [-0.4, -0.2) is 0 Å². The van der Waals surface area contributed by atoms with Crippen molar-refractivity contribution in [3.63, 3.8) is 0 Å². The van der Waals surface area contributed by atoms with Crippen molar-refractivity contribution in [2.24, 2.45) is 0 Å². The van der Waals surface area contributed by atoms with Gasteiger partial charge in [0.15, 0.2) is 0 Å². The predicted molar refractivity (Wildman–Crippen MR) is 111 cm³/mol. The molecule has 4 heterocycles. The Balaban J connectivity index is 1.62. The van der Waals surface area contributed by atoms with Crippen molar-refractivity contribution in [2.75, 3.05) is 0 Å². The van der Waals surface area contributed by atoms with E-state index >= 15 is 0 Å². The van der Waals surface area contributed by atoms with Gasteiger partial charge in [-0.3, -0.25) is 0 Å². The minimum atomic E-state index is 1.24. The second-order valence-corrected chi connectivity index (χ2v) is 11.5. The zero-order chi connectivity index (χ0) is 16.0. The number of thiophene rings is 4. The molecular weight excluding hydrogens is 368 g/mol. The van der Waals surface area contributed by atoms with E-state index in [1.807, 2.05) is 34.0 Å². The summed E-state index contributed by atoms with van der Waals surface area (Å²) in [6, 6.07) is 4.80. The van der Waals surface area contributed by atoms with Crippen molar-refractivity contribution in [2.45, 2.75) is 39.5 Å². The molecule has 0 bridgehead atoms. The summed E-state index contributed by atoms with van der Waals surface area (Å²) in [5, 5.41) is 0. The van der Waals surface area contributed by atoms with Crippen molar-refractivity contribution in [3.8, 4) is 19.5 Å². The Morgan fingerprint density at radius 3 is 2.17 bits per heavy atom. The lowest BCUT2D eigenvalue weighted by Crippen LogP contribution is -2.05. The van der Waals surface area contributed by atoms with Crippen LogP contribution in [0.5, 0.6) is 0 Å². The van der Waals surface area contributed by atoms with Crippen molar-refractivity contribution in [1.29, 1.82) is 0 Å². The predicted octanol–water partition coefficient (Wildman–Crippen LogP) is 7.23. The second kappa shape index (κ2) is 4.82. The van der Waals surface area contributed by atoms with Crippen LogP contribution in [-0.2, 0) is 25.7 Å². The zero-order valence-electron chi connectivity index (χ0n) is 13.6. The molecule has 0 spiro atoms. The van der Waals surface area contributed by atoms with Crippen LogP contribution in [0.4, 0.5) is 0 Å². The highest BCUT2D eigenvalue weighted by Crippen LogP contribution is 2.55. The minimum Gasteiger partial charge on any atom is -0.139 e. The van der Waals surface area contributed by atoms with E-state index < -0.39 is 0 Å². The van der Waals surface area contributed by atoms with Gasteiger partial charge < -0.3 is 0 Å². The molecule has 2 aliphatic rings. The molecule has 0 saturated heterocycles. The summed E-state index contributed by atoms with van der Waals surface area (Å²) < 4.78 is 3.08. The van der Waals surface area contributed by atoms with Crippen LogP contribution >= 0.6 is 45.3 Å². The fraction of sp³-hybridized carbons (Fsp3) is 0.300. The molecule has 0 fully saturated rings. The third-order valence-corrected chi connectivity index (χ3v) is 10.4. The number of aryl methyl sites for hydroxylation is 4. The van der Waals surface area contributed by atoms with Crippen LogP contribution < -0.4 is 0 Å². The highest BCUT2D eigenvalue weighted by molar-refractivity contribution is 7.32. The first kappa shape index (κ1) is 14.3. The van der Waals surface area contributed by atoms with Gasteiger partial charge in [0.2, 0.25) is 0 Å². The van der Waals surface area contributed by atoms with Crippen LogP contribution in [0.1, 0.15) is 32.0 Å². The van der Waals surface area contributed by atoms with Crippen LogP contribution in [0, 0.1) is 13.8 Å².